The number of aromatic nitrogens is 3. The number of thiazole rings is 1. The third-order valence-electron chi connectivity index (χ3n) is 5.25. The highest BCUT2D eigenvalue weighted by Gasteiger charge is 2.36. The topological polar surface area (TPSA) is 130 Å². The fourth-order valence-corrected chi connectivity index (χ4v) is 4.32. The summed E-state index contributed by atoms with van der Waals surface area (Å²) in [7, 11) is 3.32. The van der Waals surface area contributed by atoms with Crippen molar-refractivity contribution in [3.05, 3.63) is 47.7 Å². The number of hydrogen-bond acceptors (Lipinski definition) is 8. The van der Waals surface area contributed by atoms with E-state index in [9.17, 15) is 22.4 Å². The van der Waals surface area contributed by atoms with E-state index in [0.29, 0.717) is 23.6 Å². The molecule has 3 heterocycles. The van der Waals surface area contributed by atoms with Crippen molar-refractivity contribution in [1.29, 1.82) is 0 Å². The summed E-state index contributed by atoms with van der Waals surface area (Å²) < 4.78 is 65.4. The minimum atomic E-state index is -4.78. The molecule has 1 saturated heterocycles. The molecule has 1 aliphatic rings. The summed E-state index contributed by atoms with van der Waals surface area (Å²) in [6.07, 6.45) is 0.276. The number of halogens is 4. The number of nitrogens with zero attached hydrogens (tertiary/aromatic N) is 3. The molecule has 0 spiro atoms. The molecule has 196 valence electrons. The minimum absolute atomic E-state index is 0.0995. The zero-order valence-corrected chi connectivity index (χ0v) is 20.3. The Balaban J connectivity index is 0.000000303. The molecule has 1 fully saturated rings. The number of aryl methyl sites for hydroxylation is 1. The molecule has 14 heteroatoms. The van der Waals surface area contributed by atoms with Gasteiger partial charge in [-0.05, 0) is 25.0 Å². The van der Waals surface area contributed by atoms with Crippen LogP contribution in [0.15, 0.2) is 30.6 Å². The van der Waals surface area contributed by atoms with E-state index in [4.69, 9.17) is 20.9 Å². The Kier molecular flexibility index (Phi) is 9.00. The molecule has 1 aromatic carbocycles. The normalized spacial score (nSPS) is 18.2. The van der Waals surface area contributed by atoms with E-state index in [1.165, 1.54) is 17.1 Å². The van der Waals surface area contributed by atoms with Crippen molar-refractivity contribution in [3.63, 3.8) is 0 Å². The second-order valence-electron chi connectivity index (χ2n) is 7.90. The summed E-state index contributed by atoms with van der Waals surface area (Å²) in [5.41, 5.74) is 9.64. The van der Waals surface area contributed by atoms with Gasteiger partial charge < -0.3 is 26.3 Å². The summed E-state index contributed by atoms with van der Waals surface area (Å²) in [5.74, 6) is -1.84. The maximum Gasteiger partial charge on any atom is 0.417 e. The first-order valence-electron chi connectivity index (χ1n) is 10.8. The van der Waals surface area contributed by atoms with E-state index in [2.05, 4.69) is 15.4 Å². The maximum absolute atomic E-state index is 14.1. The van der Waals surface area contributed by atoms with Crippen LogP contribution in [-0.2, 0) is 22.7 Å². The number of nitrogens with two attached hydrogens (primary N) is 2. The number of ether oxygens (including phenoxy) is 2. The fourth-order valence-electron chi connectivity index (χ4n) is 3.43. The molecule has 4 rings (SSSR count). The Bertz CT molecular complexity index is 1180. The third-order valence-corrected chi connectivity index (χ3v) is 6.15. The molecular weight excluding hydrogens is 504 g/mol. The fraction of sp³-hybridized carbons (Fsp3) is 0.409. The molecular formula is C22H26F4N6O3S. The van der Waals surface area contributed by atoms with E-state index >= 15 is 0 Å². The van der Waals surface area contributed by atoms with Crippen molar-refractivity contribution in [2.75, 3.05) is 31.4 Å². The number of amides is 1. The van der Waals surface area contributed by atoms with Crippen LogP contribution in [0.5, 0.6) is 0 Å². The van der Waals surface area contributed by atoms with Crippen LogP contribution in [-0.4, -0.2) is 53.1 Å². The van der Waals surface area contributed by atoms with Crippen molar-refractivity contribution in [1.82, 2.24) is 14.8 Å². The molecule has 1 amide bonds. The van der Waals surface area contributed by atoms with Gasteiger partial charge >= 0.3 is 6.18 Å². The van der Waals surface area contributed by atoms with Gasteiger partial charge in [0.15, 0.2) is 5.69 Å². The molecule has 9 nitrogen and oxygen atoms in total. The number of alkyl halides is 3. The molecule has 2 unspecified atom stereocenters. The van der Waals surface area contributed by atoms with Crippen molar-refractivity contribution in [2.24, 2.45) is 12.8 Å². The van der Waals surface area contributed by atoms with Crippen LogP contribution in [0.25, 0.3) is 10.6 Å². The first-order valence-corrected chi connectivity index (χ1v) is 11.6. The molecule has 2 atom stereocenters. The van der Waals surface area contributed by atoms with Gasteiger partial charge in [-0.15, -0.1) is 0 Å². The van der Waals surface area contributed by atoms with Gasteiger partial charge in [0.2, 0.25) is 0 Å². The van der Waals surface area contributed by atoms with E-state index in [-0.39, 0.29) is 27.8 Å². The molecule has 36 heavy (non-hydrogen) atoms. The van der Waals surface area contributed by atoms with Crippen LogP contribution in [0.1, 0.15) is 28.9 Å². The van der Waals surface area contributed by atoms with Gasteiger partial charge in [-0.3, -0.25) is 9.48 Å². The van der Waals surface area contributed by atoms with Crippen LogP contribution in [0.4, 0.5) is 28.3 Å². The number of nitrogen functional groups attached to an aromatic ring is 1. The lowest BCUT2D eigenvalue weighted by Crippen LogP contribution is -2.37. The Hall–Kier alpha value is -3.07. The Labute approximate surface area is 208 Å². The van der Waals surface area contributed by atoms with E-state index < -0.39 is 29.0 Å². The first kappa shape index (κ1) is 27.5. The predicted octanol–water partition coefficient (Wildman–Crippen LogP) is 3.68. The number of anilines is 2. The Morgan fingerprint density at radius 3 is 2.75 bits per heavy atom. The predicted molar refractivity (Wildman–Crippen MR) is 127 cm³/mol. The van der Waals surface area contributed by atoms with E-state index in [0.717, 1.165) is 37.6 Å². The average Bonchev–Trinajstić information content (AvgIpc) is 3.33. The van der Waals surface area contributed by atoms with Crippen LogP contribution in [0.2, 0.25) is 0 Å². The summed E-state index contributed by atoms with van der Waals surface area (Å²) in [6, 6.07) is 2.74. The van der Waals surface area contributed by atoms with Gasteiger partial charge in [0, 0.05) is 33.0 Å². The first-order chi connectivity index (χ1) is 17.0. The number of benzene rings is 1. The van der Waals surface area contributed by atoms with Crippen molar-refractivity contribution >= 4 is 27.9 Å². The molecule has 1 aliphatic heterocycles. The molecule has 0 radical (unpaired) electrons. The van der Waals surface area contributed by atoms with Gasteiger partial charge in [0.1, 0.15) is 15.8 Å². The number of hydrogen-bond donors (Lipinski definition) is 3. The third kappa shape index (κ3) is 6.78. The van der Waals surface area contributed by atoms with Crippen molar-refractivity contribution < 1.29 is 31.8 Å². The van der Waals surface area contributed by atoms with Crippen molar-refractivity contribution in [3.8, 4) is 10.6 Å². The minimum Gasteiger partial charge on any atom is -0.389 e. The zero-order chi connectivity index (χ0) is 26.5. The summed E-state index contributed by atoms with van der Waals surface area (Å²) in [6.45, 7) is 1.48. The SMILES string of the molecule is COC1COCCCC1N.Cn1cc(NC(=O)c2nc(-c3c(F)cccc3C(F)(F)F)sc2N)cn1. The Morgan fingerprint density at radius 1 is 1.36 bits per heavy atom. The Morgan fingerprint density at radius 2 is 2.11 bits per heavy atom. The summed E-state index contributed by atoms with van der Waals surface area (Å²) in [4.78, 5) is 16.1. The largest absolute Gasteiger partial charge is 0.417 e. The van der Waals surface area contributed by atoms with Gasteiger partial charge in [-0.1, -0.05) is 17.4 Å². The van der Waals surface area contributed by atoms with Crippen LogP contribution in [0.3, 0.4) is 0 Å². The highest BCUT2D eigenvalue weighted by molar-refractivity contribution is 7.19. The lowest BCUT2D eigenvalue weighted by atomic mass is 10.1. The number of nitrogens with one attached hydrogen (secondary N) is 1. The highest BCUT2D eigenvalue weighted by atomic mass is 32.1. The standard InChI is InChI=1S/C15H11F4N5OS.C7H15NO2/c1-24-6-7(5-21-24)22-13(25)11-12(20)26-14(23-11)10-8(15(17,18)19)3-2-4-9(10)16;1-9-7-5-10-4-2-3-6(7)8/h2-6H,20H2,1H3,(H,22,25);6-7H,2-5,8H2,1H3. The lowest BCUT2D eigenvalue weighted by molar-refractivity contribution is -0.137. The van der Waals surface area contributed by atoms with E-state index in [1.807, 2.05) is 0 Å². The zero-order valence-electron chi connectivity index (χ0n) is 19.5. The van der Waals surface area contributed by atoms with Gasteiger partial charge in [0.25, 0.3) is 5.91 Å². The number of methoxy groups -OCH3 is 1. The van der Waals surface area contributed by atoms with Gasteiger partial charge in [0.05, 0.1) is 35.7 Å². The molecule has 5 N–H and O–H groups in total. The monoisotopic (exact) mass is 530 g/mol. The lowest BCUT2D eigenvalue weighted by Gasteiger charge is -2.17. The van der Waals surface area contributed by atoms with Gasteiger partial charge in [-0.2, -0.15) is 18.3 Å². The van der Waals surface area contributed by atoms with Gasteiger partial charge in [-0.25, -0.2) is 9.37 Å². The average molecular weight is 531 g/mol. The molecule has 0 aliphatic carbocycles. The van der Waals surface area contributed by atoms with E-state index in [1.54, 1.807) is 14.2 Å². The molecule has 0 bridgehead atoms. The number of carbonyl (C=O) groups is 1. The highest BCUT2D eigenvalue weighted by Crippen LogP contribution is 2.41. The van der Waals surface area contributed by atoms with Crippen molar-refractivity contribution in [2.45, 2.75) is 31.2 Å². The molecule has 0 saturated carbocycles. The maximum atomic E-state index is 14.1. The smallest absolute Gasteiger partial charge is 0.389 e. The summed E-state index contributed by atoms with van der Waals surface area (Å²) in [5, 5.41) is 5.88. The second-order valence-corrected chi connectivity index (χ2v) is 8.93. The van der Waals surface area contributed by atoms with Crippen LogP contribution in [0, 0.1) is 5.82 Å². The quantitative estimate of drug-likeness (QED) is 0.439. The molecule has 2 aromatic heterocycles. The number of rotatable bonds is 4. The number of carbonyl (C=O) groups excluding carboxylic acids is 1. The second kappa shape index (κ2) is 11.8. The molecule has 3 aromatic rings. The van der Waals surface area contributed by atoms with Crippen LogP contribution >= 0.6 is 11.3 Å². The van der Waals surface area contributed by atoms with Crippen LogP contribution < -0.4 is 16.8 Å². The summed E-state index contributed by atoms with van der Waals surface area (Å²) >= 11 is 0.601.